The smallest absolute Gasteiger partial charge is 0.130 e. The molecule has 1 aliphatic heterocycles. The van der Waals surface area contributed by atoms with Crippen LogP contribution in [-0.4, -0.2) is 24.0 Å². The third kappa shape index (κ3) is 2.26. The highest BCUT2D eigenvalue weighted by Gasteiger charge is 2.19. The Bertz CT molecular complexity index is 532. The molecule has 4 heteroatoms. The van der Waals surface area contributed by atoms with E-state index in [0.717, 1.165) is 23.8 Å². The summed E-state index contributed by atoms with van der Waals surface area (Å²) in [6.07, 6.45) is 4.18. The van der Waals surface area contributed by atoms with Crippen LogP contribution in [0.4, 0.5) is 0 Å². The van der Waals surface area contributed by atoms with E-state index in [1.54, 1.807) is 7.11 Å². The zero-order valence-corrected chi connectivity index (χ0v) is 11.0. The first-order chi connectivity index (χ1) is 8.86. The molecule has 1 atom stereocenters. The minimum Gasteiger partial charge on any atom is -0.497 e. The zero-order chi connectivity index (χ0) is 12.4. The van der Waals surface area contributed by atoms with E-state index in [0.29, 0.717) is 0 Å². The highest BCUT2D eigenvalue weighted by molar-refractivity contribution is 7.99. The van der Waals surface area contributed by atoms with E-state index < -0.39 is 0 Å². The van der Waals surface area contributed by atoms with Gasteiger partial charge in [-0.15, -0.1) is 11.8 Å². The Labute approximate surface area is 111 Å². The van der Waals surface area contributed by atoms with Crippen molar-refractivity contribution in [2.75, 3.05) is 19.5 Å². The fourth-order valence-electron chi connectivity index (χ4n) is 2.04. The van der Waals surface area contributed by atoms with E-state index in [1.807, 2.05) is 30.0 Å². The van der Waals surface area contributed by atoms with Gasteiger partial charge in [-0.1, -0.05) is 6.07 Å². The van der Waals surface area contributed by atoms with Crippen molar-refractivity contribution in [3.63, 3.8) is 0 Å². The van der Waals surface area contributed by atoms with Gasteiger partial charge in [0.15, 0.2) is 0 Å². The number of ether oxygens (including phenoxy) is 2. The van der Waals surface area contributed by atoms with Gasteiger partial charge in [-0.3, -0.25) is 0 Å². The summed E-state index contributed by atoms with van der Waals surface area (Å²) in [5.74, 6) is 1.95. The average Bonchev–Trinajstić information content (AvgIpc) is 3.09. The largest absolute Gasteiger partial charge is 0.497 e. The molecule has 0 aliphatic carbocycles. The van der Waals surface area contributed by atoms with Crippen molar-refractivity contribution in [1.82, 2.24) is 4.57 Å². The summed E-state index contributed by atoms with van der Waals surface area (Å²) >= 11 is 1.85. The van der Waals surface area contributed by atoms with E-state index in [9.17, 15) is 0 Å². The topological polar surface area (TPSA) is 23.4 Å². The molecule has 3 rings (SSSR count). The van der Waals surface area contributed by atoms with Crippen LogP contribution >= 0.6 is 11.8 Å². The Morgan fingerprint density at radius 1 is 1.39 bits per heavy atom. The molecule has 1 unspecified atom stereocenters. The Morgan fingerprint density at radius 3 is 3.11 bits per heavy atom. The van der Waals surface area contributed by atoms with Gasteiger partial charge in [0.1, 0.15) is 11.2 Å². The van der Waals surface area contributed by atoms with Crippen molar-refractivity contribution in [3.05, 3.63) is 48.3 Å². The number of methoxy groups -OCH3 is 1. The first-order valence-electron chi connectivity index (χ1n) is 5.92. The van der Waals surface area contributed by atoms with Gasteiger partial charge in [0.25, 0.3) is 0 Å². The molecule has 94 valence electrons. The van der Waals surface area contributed by atoms with Crippen LogP contribution in [0.2, 0.25) is 0 Å². The fraction of sp³-hybridized carbons (Fsp3) is 0.286. The van der Waals surface area contributed by atoms with Crippen molar-refractivity contribution >= 4 is 11.8 Å². The normalized spacial score (nSPS) is 19.1. The second kappa shape index (κ2) is 5.08. The van der Waals surface area contributed by atoms with Crippen LogP contribution in [-0.2, 0) is 4.74 Å². The SMILES string of the molecule is COc1cccc(-n2ccc(C3OCCS3)c2)c1. The molecular formula is C14H15NO2S. The summed E-state index contributed by atoms with van der Waals surface area (Å²) in [7, 11) is 1.68. The predicted molar refractivity (Wildman–Crippen MR) is 73.5 cm³/mol. The highest BCUT2D eigenvalue weighted by Crippen LogP contribution is 2.35. The van der Waals surface area contributed by atoms with E-state index in [4.69, 9.17) is 9.47 Å². The van der Waals surface area contributed by atoms with Crippen molar-refractivity contribution in [2.24, 2.45) is 0 Å². The summed E-state index contributed by atoms with van der Waals surface area (Å²) in [6, 6.07) is 10.1. The third-order valence-corrected chi connectivity index (χ3v) is 4.07. The molecule has 1 aliphatic rings. The standard InChI is InChI=1S/C14H15NO2S/c1-16-13-4-2-3-12(9-13)15-6-5-11(10-15)14-17-7-8-18-14/h2-6,9-10,14H,7-8H2,1H3. The number of hydrogen-bond donors (Lipinski definition) is 0. The molecule has 2 aromatic rings. The molecule has 0 saturated carbocycles. The Kier molecular flexibility index (Phi) is 3.30. The monoisotopic (exact) mass is 261 g/mol. The Hall–Kier alpha value is -1.39. The van der Waals surface area contributed by atoms with Gasteiger partial charge in [-0.25, -0.2) is 0 Å². The van der Waals surface area contributed by atoms with Crippen LogP contribution in [0.5, 0.6) is 5.75 Å². The van der Waals surface area contributed by atoms with Crippen LogP contribution in [0, 0.1) is 0 Å². The molecule has 1 aromatic carbocycles. The van der Waals surface area contributed by atoms with E-state index >= 15 is 0 Å². The first-order valence-corrected chi connectivity index (χ1v) is 6.97. The number of hydrogen-bond acceptors (Lipinski definition) is 3. The molecule has 1 saturated heterocycles. The highest BCUT2D eigenvalue weighted by atomic mass is 32.2. The number of aromatic nitrogens is 1. The van der Waals surface area contributed by atoms with Gasteiger partial charge in [0.05, 0.1) is 13.7 Å². The average molecular weight is 261 g/mol. The second-order valence-electron chi connectivity index (χ2n) is 4.13. The van der Waals surface area contributed by atoms with E-state index in [2.05, 4.69) is 29.1 Å². The molecule has 18 heavy (non-hydrogen) atoms. The van der Waals surface area contributed by atoms with Gasteiger partial charge in [-0.2, -0.15) is 0 Å². The van der Waals surface area contributed by atoms with Gasteiger partial charge in [0, 0.05) is 35.5 Å². The van der Waals surface area contributed by atoms with Gasteiger partial charge < -0.3 is 14.0 Å². The zero-order valence-electron chi connectivity index (χ0n) is 10.2. The quantitative estimate of drug-likeness (QED) is 0.847. The van der Waals surface area contributed by atoms with Crippen molar-refractivity contribution in [2.45, 2.75) is 5.44 Å². The number of benzene rings is 1. The molecule has 0 bridgehead atoms. The lowest BCUT2D eigenvalue weighted by Crippen LogP contribution is -1.93. The van der Waals surface area contributed by atoms with Crippen LogP contribution < -0.4 is 4.74 Å². The van der Waals surface area contributed by atoms with Crippen molar-refractivity contribution < 1.29 is 9.47 Å². The third-order valence-electron chi connectivity index (χ3n) is 2.96. The maximum atomic E-state index is 5.66. The van der Waals surface area contributed by atoms with Crippen LogP contribution in [0.3, 0.4) is 0 Å². The molecular weight excluding hydrogens is 246 g/mol. The van der Waals surface area contributed by atoms with Crippen molar-refractivity contribution in [1.29, 1.82) is 0 Å². The molecule has 0 N–H and O–H groups in total. The summed E-state index contributed by atoms with van der Waals surface area (Å²) in [5.41, 5.74) is 2.51. The summed E-state index contributed by atoms with van der Waals surface area (Å²) in [4.78, 5) is 0. The molecule has 0 amide bonds. The first kappa shape index (κ1) is 11.7. The van der Waals surface area contributed by atoms with Gasteiger partial charge in [0.2, 0.25) is 0 Å². The molecule has 0 radical (unpaired) electrons. The Morgan fingerprint density at radius 2 is 2.33 bits per heavy atom. The molecule has 0 spiro atoms. The molecule has 2 heterocycles. The van der Waals surface area contributed by atoms with Crippen LogP contribution in [0.1, 0.15) is 11.0 Å². The summed E-state index contributed by atoms with van der Waals surface area (Å²) in [5, 5.41) is 0. The Balaban J connectivity index is 1.87. The number of rotatable bonds is 3. The van der Waals surface area contributed by atoms with Gasteiger partial charge in [-0.05, 0) is 18.2 Å². The lowest BCUT2D eigenvalue weighted by Gasteiger charge is -2.07. The summed E-state index contributed by atoms with van der Waals surface area (Å²) in [6.45, 7) is 0.847. The van der Waals surface area contributed by atoms with Crippen molar-refractivity contribution in [3.8, 4) is 11.4 Å². The number of thioether (sulfide) groups is 1. The lowest BCUT2D eigenvalue weighted by atomic mass is 10.3. The molecule has 1 aromatic heterocycles. The van der Waals surface area contributed by atoms with Gasteiger partial charge >= 0.3 is 0 Å². The second-order valence-corrected chi connectivity index (χ2v) is 5.30. The molecule has 3 nitrogen and oxygen atoms in total. The van der Waals surface area contributed by atoms with Crippen LogP contribution in [0.15, 0.2) is 42.7 Å². The predicted octanol–water partition coefficient (Wildman–Crippen LogP) is 3.25. The lowest BCUT2D eigenvalue weighted by molar-refractivity contribution is 0.145. The van der Waals surface area contributed by atoms with E-state index in [1.165, 1.54) is 5.56 Å². The molecule has 1 fully saturated rings. The summed E-state index contributed by atoms with van der Waals surface area (Å²) < 4.78 is 13.0. The fourth-order valence-corrected chi connectivity index (χ4v) is 2.97. The van der Waals surface area contributed by atoms with E-state index in [-0.39, 0.29) is 5.44 Å². The minimum atomic E-state index is 0.192. The minimum absolute atomic E-state index is 0.192. The number of nitrogens with zero attached hydrogens (tertiary/aromatic N) is 1. The maximum Gasteiger partial charge on any atom is 0.130 e. The maximum absolute atomic E-state index is 5.66. The van der Waals surface area contributed by atoms with Crippen LogP contribution in [0.25, 0.3) is 5.69 Å².